The first kappa shape index (κ1) is 14.2. The zero-order valence-corrected chi connectivity index (χ0v) is 12.0. The van der Waals surface area contributed by atoms with Gasteiger partial charge in [-0.05, 0) is 42.8 Å². The van der Waals surface area contributed by atoms with Gasteiger partial charge in [0, 0.05) is 10.5 Å². The van der Waals surface area contributed by atoms with Gasteiger partial charge >= 0.3 is 0 Å². The Bertz CT molecular complexity index is 572. The predicted octanol–water partition coefficient (Wildman–Crippen LogP) is 4.23. The second-order valence-corrected chi connectivity index (χ2v) is 5.16. The predicted molar refractivity (Wildman–Crippen MR) is 76.0 cm³/mol. The third-order valence-electron chi connectivity index (χ3n) is 3.08. The molecule has 0 saturated heterocycles. The third-order valence-corrected chi connectivity index (χ3v) is 3.85. The number of likely N-dealkylation sites (N-methyl/N-ethyl adjacent to an activating group) is 1. The van der Waals surface area contributed by atoms with Gasteiger partial charge < -0.3 is 5.32 Å². The van der Waals surface area contributed by atoms with Crippen molar-refractivity contribution >= 4 is 15.9 Å². The number of nitrogens with one attached hydrogen (secondary N) is 1. The zero-order valence-electron chi connectivity index (χ0n) is 10.5. The second-order valence-electron chi connectivity index (χ2n) is 4.31. The first-order chi connectivity index (χ1) is 9.11. The molecule has 4 heteroatoms. The summed E-state index contributed by atoms with van der Waals surface area (Å²) in [7, 11) is 1.81. The van der Waals surface area contributed by atoms with Crippen molar-refractivity contribution in [3.8, 4) is 0 Å². The first-order valence-electron chi connectivity index (χ1n) is 5.97. The Morgan fingerprint density at radius 1 is 1.11 bits per heavy atom. The summed E-state index contributed by atoms with van der Waals surface area (Å²) in [5.74, 6) is -1.63. The van der Waals surface area contributed by atoms with E-state index in [1.807, 2.05) is 31.3 Å². The van der Waals surface area contributed by atoms with Crippen molar-refractivity contribution in [2.75, 3.05) is 7.05 Å². The lowest BCUT2D eigenvalue weighted by molar-refractivity contribution is 0.501. The highest BCUT2D eigenvalue weighted by Gasteiger charge is 2.14. The van der Waals surface area contributed by atoms with E-state index >= 15 is 0 Å². The van der Waals surface area contributed by atoms with Gasteiger partial charge in [0.05, 0.1) is 0 Å². The summed E-state index contributed by atoms with van der Waals surface area (Å²) in [6, 6.07) is 11.8. The molecule has 0 aliphatic carbocycles. The van der Waals surface area contributed by atoms with E-state index < -0.39 is 11.6 Å². The van der Waals surface area contributed by atoms with Crippen LogP contribution in [0.15, 0.2) is 46.9 Å². The SMILES string of the molecule is CNC(Cc1ccccc1Br)c1ccc(F)c(F)c1. The summed E-state index contributed by atoms with van der Waals surface area (Å²) in [5, 5.41) is 3.13. The lowest BCUT2D eigenvalue weighted by Gasteiger charge is -2.17. The van der Waals surface area contributed by atoms with Crippen molar-refractivity contribution in [1.29, 1.82) is 0 Å². The molecule has 0 aliphatic rings. The minimum atomic E-state index is -0.820. The molecule has 0 saturated carbocycles. The van der Waals surface area contributed by atoms with E-state index in [1.165, 1.54) is 6.07 Å². The van der Waals surface area contributed by atoms with Crippen LogP contribution in [0.4, 0.5) is 8.78 Å². The second kappa shape index (κ2) is 6.26. The summed E-state index contributed by atoms with van der Waals surface area (Å²) in [6.45, 7) is 0. The highest BCUT2D eigenvalue weighted by atomic mass is 79.9. The maximum atomic E-state index is 13.3. The van der Waals surface area contributed by atoms with E-state index in [9.17, 15) is 8.78 Å². The van der Waals surface area contributed by atoms with Crippen molar-refractivity contribution in [2.24, 2.45) is 0 Å². The van der Waals surface area contributed by atoms with Gasteiger partial charge in [-0.15, -0.1) is 0 Å². The van der Waals surface area contributed by atoms with E-state index in [2.05, 4.69) is 21.2 Å². The van der Waals surface area contributed by atoms with E-state index in [4.69, 9.17) is 0 Å². The monoisotopic (exact) mass is 325 g/mol. The number of hydrogen-bond donors (Lipinski definition) is 1. The van der Waals surface area contributed by atoms with Gasteiger partial charge in [-0.2, -0.15) is 0 Å². The van der Waals surface area contributed by atoms with E-state index in [0.717, 1.165) is 21.7 Å². The van der Waals surface area contributed by atoms with E-state index in [-0.39, 0.29) is 6.04 Å². The molecule has 0 radical (unpaired) electrons. The lowest BCUT2D eigenvalue weighted by Crippen LogP contribution is -2.19. The summed E-state index contributed by atoms with van der Waals surface area (Å²) < 4.78 is 27.2. The Balaban J connectivity index is 2.25. The van der Waals surface area contributed by atoms with Crippen LogP contribution in [0.1, 0.15) is 17.2 Å². The molecule has 0 aromatic heterocycles. The smallest absolute Gasteiger partial charge is 0.159 e. The molecule has 2 rings (SSSR count). The van der Waals surface area contributed by atoms with Crippen LogP contribution in [0.25, 0.3) is 0 Å². The van der Waals surface area contributed by atoms with Crippen LogP contribution in [0.5, 0.6) is 0 Å². The highest BCUT2D eigenvalue weighted by molar-refractivity contribution is 9.10. The fraction of sp³-hybridized carbons (Fsp3) is 0.200. The molecule has 1 N–H and O–H groups in total. The average Bonchev–Trinajstić information content (AvgIpc) is 2.41. The summed E-state index contributed by atoms with van der Waals surface area (Å²) in [5.41, 5.74) is 1.85. The molecule has 0 heterocycles. The molecule has 0 spiro atoms. The van der Waals surface area contributed by atoms with Gasteiger partial charge in [0.15, 0.2) is 11.6 Å². The number of rotatable bonds is 4. The van der Waals surface area contributed by atoms with Crippen LogP contribution in [0.3, 0.4) is 0 Å². The number of halogens is 3. The van der Waals surface area contributed by atoms with Crippen LogP contribution < -0.4 is 5.32 Å². The molecule has 100 valence electrons. The van der Waals surface area contributed by atoms with E-state index in [0.29, 0.717) is 6.42 Å². The van der Waals surface area contributed by atoms with Crippen LogP contribution in [0.2, 0.25) is 0 Å². The molecular weight excluding hydrogens is 312 g/mol. The van der Waals surface area contributed by atoms with Gasteiger partial charge in [-0.1, -0.05) is 40.2 Å². The van der Waals surface area contributed by atoms with Crippen LogP contribution in [-0.4, -0.2) is 7.05 Å². The molecule has 1 atom stereocenters. The number of hydrogen-bond acceptors (Lipinski definition) is 1. The van der Waals surface area contributed by atoms with Gasteiger partial charge in [0.25, 0.3) is 0 Å². The van der Waals surface area contributed by atoms with Crippen LogP contribution in [-0.2, 0) is 6.42 Å². The third kappa shape index (κ3) is 3.39. The molecule has 2 aromatic carbocycles. The fourth-order valence-electron chi connectivity index (χ4n) is 2.00. The lowest BCUT2D eigenvalue weighted by atomic mass is 9.99. The molecule has 0 fully saturated rings. The topological polar surface area (TPSA) is 12.0 Å². The summed E-state index contributed by atoms with van der Waals surface area (Å²) >= 11 is 3.49. The minimum absolute atomic E-state index is 0.0613. The van der Waals surface area contributed by atoms with Crippen LogP contribution in [0, 0.1) is 11.6 Å². The van der Waals surface area contributed by atoms with Crippen molar-refractivity contribution < 1.29 is 8.78 Å². The van der Waals surface area contributed by atoms with E-state index in [1.54, 1.807) is 6.07 Å². The Labute approximate surface area is 119 Å². The van der Waals surface area contributed by atoms with Crippen molar-refractivity contribution in [1.82, 2.24) is 5.32 Å². The Kier molecular flexibility index (Phi) is 4.66. The van der Waals surface area contributed by atoms with Gasteiger partial charge in [-0.25, -0.2) is 8.78 Å². The molecular formula is C15H14BrF2N. The molecule has 1 unspecified atom stereocenters. The normalized spacial score (nSPS) is 12.4. The standard InChI is InChI=1S/C15H14BrF2N/c1-19-15(9-10-4-2-3-5-12(10)16)11-6-7-13(17)14(18)8-11/h2-8,15,19H,9H2,1H3. The van der Waals surface area contributed by atoms with Crippen LogP contribution >= 0.6 is 15.9 Å². The molecule has 0 amide bonds. The van der Waals surface area contributed by atoms with Gasteiger partial charge in [0.1, 0.15) is 0 Å². The number of benzene rings is 2. The Hall–Kier alpha value is -1.26. The molecule has 1 nitrogen and oxygen atoms in total. The maximum absolute atomic E-state index is 13.3. The first-order valence-corrected chi connectivity index (χ1v) is 6.76. The molecule has 0 aliphatic heterocycles. The maximum Gasteiger partial charge on any atom is 0.159 e. The quantitative estimate of drug-likeness (QED) is 0.887. The summed E-state index contributed by atoms with van der Waals surface area (Å²) in [4.78, 5) is 0. The highest BCUT2D eigenvalue weighted by Crippen LogP contribution is 2.24. The molecule has 2 aromatic rings. The minimum Gasteiger partial charge on any atom is -0.313 e. The largest absolute Gasteiger partial charge is 0.313 e. The van der Waals surface area contributed by atoms with Crippen molar-refractivity contribution in [3.05, 3.63) is 69.7 Å². The molecule has 19 heavy (non-hydrogen) atoms. The fourth-order valence-corrected chi connectivity index (χ4v) is 2.45. The van der Waals surface area contributed by atoms with Gasteiger partial charge in [-0.3, -0.25) is 0 Å². The zero-order chi connectivity index (χ0) is 13.8. The average molecular weight is 326 g/mol. The van der Waals surface area contributed by atoms with Crippen molar-refractivity contribution in [2.45, 2.75) is 12.5 Å². The summed E-state index contributed by atoms with van der Waals surface area (Å²) in [6.07, 6.45) is 0.697. The van der Waals surface area contributed by atoms with Crippen molar-refractivity contribution in [3.63, 3.8) is 0 Å². The van der Waals surface area contributed by atoms with Gasteiger partial charge in [0.2, 0.25) is 0 Å². The Morgan fingerprint density at radius 3 is 2.47 bits per heavy atom. The Morgan fingerprint density at radius 2 is 1.84 bits per heavy atom. The molecule has 0 bridgehead atoms.